The normalized spacial score (nSPS) is 17.0. The maximum atomic E-state index is 12.6. The fourth-order valence-electron chi connectivity index (χ4n) is 3.16. The van der Waals surface area contributed by atoms with Gasteiger partial charge in [-0.3, -0.25) is 9.59 Å². The van der Waals surface area contributed by atoms with Crippen LogP contribution in [-0.4, -0.2) is 49.4 Å². The largest absolute Gasteiger partial charge is 0.336 e. The van der Waals surface area contributed by atoms with Gasteiger partial charge >= 0.3 is 0 Å². The Bertz CT molecular complexity index is 784. The molecule has 5 heteroatoms. The van der Waals surface area contributed by atoms with Gasteiger partial charge in [-0.25, -0.2) is 0 Å². The molecule has 2 amide bonds. The van der Waals surface area contributed by atoms with E-state index in [1.165, 1.54) is 0 Å². The summed E-state index contributed by atoms with van der Waals surface area (Å²) >= 11 is 0. The molecule has 0 aromatic heterocycles. The summed E-state index contributed by atoms with van der Waals surface area (Å²) in [6, 6.07) is 15.9. The van der Waals surface area contributed by atoms with Gasteiger partial charge < -0.3 is 15.1 Å². The van der Waals surface area contributed by atoms with E-state index >= 15 is 0 Å². The van der Waals surface area contributed by atoms with E-state index in [-0.39, 0.29) is 11.8 Å². The second kappa shape index (κ2) is 7.70. The van der Waals surface area contributed by atoms with Crippen molar-refractivity contribution in [1.29, 1.82) is 0 Å². The number of hydrogen-bond acceptors (Lipinski definition) is 3. The average Bonchev–Trinajstić information content (AvgIpc) is 2.67. The van der Waals surface area contributed by atoms with Crippen molar-refractivity contribution in [2.24, 2.45) is 0 Å². The number of anilines is 1. The summed E-state index contributed by atoms with van der Waals surface area (Å²) in [4.78, 5) is 27.6. The summed E-state index contributed by atoms with van der Waals surface area (Å²) in [6.45, 7) is 5.96. The lowest BCUT2D eigenvalue weighted by molar-refractivity contribution is -0.116. The molecule has 1 heterocycles. The smallest absolute Gasteiger partial charge is 0.253 e. The zero-order valence-electron chi connectivity index (χ0n) is 15.5. The first-order valence-corrected chi connectivity index (χ1v) is 8.93. The van der Waals surface area contributed by atoms with Gasteiger partial charge in [0.05, 0.1) is 0 Å². The van der Waals surface area contributed by atoms with Crippen molar-refractivity contribution >= 4 is 17.5 Å². The number of nitrogens with one attached hydrogen (secondary N) is 1. The van der Waals surface area contributed by atoms with Gasteiger partial charge in [-0.05, 0) is 42.3 Å². The number of hydrogen-bond donors (Lipinski definition) is 1. The lowest BCUT2D eigenvalue weighted by Gasteiger charge is -2.32. The van der Waals surface area contributed by atoms with E-state index in [0.717, 1.165) is 42.0 Å². The summed E-state index contributed by atoms with van der Waals surface area (Å²) in [7, 11) is 1.76. The fraction of sp³-hybridized carbons (Fsp3) is 0.333. The van der Waals surface area contributed by atoms with E-state index in [4.69, 9.17) is 0 Å². The Morgan fingerprint density at radius 1 is 1.04 bits per heavy atom. The van der Waals surface area contributed by atoms with Crippen molar-refractivity contribution in [3.05, 3.63) is 54.1 Å². The van der Waals surface area contributed by atoms with Crippen molar-refractivity contribution in [1.82, 2.24) is 10.2 Å². The Hall–Kier alpha value is -2.66. The number of carbonyl (C=O) groups is 2. The summed E-state index contributed by atoms with van der Waals surface area (Å²) < 4.78 is 0. The van der Waals surface area contributed by atoms with Gasteiger partial charge in [0.1, 0.15) is 0 Å². The maximum absolute atomic E-state index is 12.6. The lowest BCUT2D eigenvalue weighted by Crippen LogP contribution is -2.51. The van der Waals surface area contributed by atoms with Crippen LogP contribution in [0.25, 0.3) is 11.1 Å². The van der Waals surface area contributed by atoms with Crippen LogP contribution in [0.3, 0.4) is 0 Å². The molecule has 26 heavy (non-hydrogen) atoms. The monoisotopic (exact) mass is 351 g/mol. The zero-order valence-corrected chi connectivity index (χ0v) is 15.5. The quantitative estimate of drug-likeness (QED) is 0.925. The van der Waals surface area contributed by atoms with Gasteiger partial charge in [0.2, 0.25) is 5.91 Å². The number of rotatable bonds is 3. The SMILES string of the molecule is CC(=O)N(C)c1ccc(-c2ccc(C(=O)N3CCNC(C)C3)cc2)cc1. The van der Waals surface area contributed by atoms with Crippen molar-refractivity contribution in [2.75, 3.05) is 31.6 Å². The van der Waals surface area contributed by atoms with Gasteiger partial charge in [-0.1, -0.05) is 24.3 Å². The van der Waals surface area contributed by atoms with Crippen LogP contribution in [0.4, 0.5) is 5.69 Å². The van der Waals surface area contributed by atoms with Crippen LogP contribution < -0.4 is 10.2 Å². The Morgan fingerprint density at radius 2 is 1.62 bits per heavy atom. The number of amides is 2. The molecule has 5 nitrogen and oxygen atoms in total. The predicted molar refractivity (Wildman–Crippen MR) is 104 cm³/mol. The Labute approximate surface area is 154 Å². The summed E-state index contributed by atoms with van der Waals surface area (Å²) in [5, 5.41) is 3.35. The second-order valence-corrected chi connectivity index (χ2v) is 6.81. The first-order chi connectivity index (χ1) is 12.5. The minimum Gasteiger partial charge on any atom is -0.336 e. The fourth-order valence-corrected chi connectivity index (χ4v) is 3.16. The van der Waals surface area contributed by atoms with Crippen LogP contribution in [0.2, 0.25) is 0 Å². The molecule has 136 valence electrons. The van der Waals surface area contributed by atoms with Crippen molar-refractivity contribution in [3.8, 4) is 11.1 Å². The highest BCUT2D eigenvalue weighted by Gasteiger charge is 2.21. The first-order valence-electron chi connectivity index (χ1n) is 8.93. The van der Waals surface area contributed by atoms with E-state index in [0.29, 0.717) is 6.04 Å². The number of carbonyl (C=O) groups excluding carboxylic acids is 2. The summed E-state index contributed by atoms with van der Waals surface area (Å²) in [6.07, 6.45) is 0. The number of nitrogens with zero attached hydrogens (tertiary/aromatic N) is 2. The number of piperazine rings is 1. The molecular formula is C21H25N3O2. The topological polar surface area (TPSA) is 52.7 Å². The van der Waals surface area contributed by atoms with E-state index in [2.05, 4.69) is 12.2 Å². The molecule has 1 N–H and O–H groups in total. The van der Waals surface area contributed by atoms with Crippen LogP contribution in [0.5, 0.6) is 0 Å². The average molecular weight is 351 g/mol. The molecule has 0 spiro atoms. The standard InChI is InChI=1S/C21H25N3O2/c1-15-14-24(13-12-22-15)21(26)19-6-4-17(5-7-19)18-8-10-20(11-9-18)23(3)16(2)25/h4-11,15,22H,12-14H2,1-3H3. The van der Waals surface area contributed by atoms with E-state index in [1.54, 1.807) is 18.9 Å². The molecule has 0 radical (unpaired) electrons. The van der Waals surface area contributed by atoms with Crippen molar-refractivity contribution in [2.45, 2.75) is 19.9 Å². The Balaban J connectivity index is 1.73. The highest BCUT2D eigenvalue weighted by Crippen LogP contribution is 2.23. The molecule has 1 fully saturated rings. The van der Waals surface area contributed by atoms with Crippen LogP contribution >= 0.6 is 0 Å². The number of benzene rings is 2. The van der Waals surface area contributed by atoms with E-state index in [1.807, 2.05) is 53.4 Å². The van der Waals surface area contributed by atoms with Gasteiger partial charge in [-0.15, -0.1) is 0 Å². The van der Waals surface area contributed by atoms with Gasteiger partial charge in [0, 0.05) is 50.9 Å². The van der Waals surface area contributed by atoms with Crippen LogP contribution in [-0.2, 0) is 4.79 Å². The molecular weight excluding hydrogens is 326 g/mol. The molecule has 0 bridgehead atoms. The molecule has 1 unspecified atom stereocenters. The minimum absolute atomic E-state index is 0.00264. The zero-order chi connectivity index (χ0) is 18.7. The van der Waals surface area contributed by atoms with Crippen LogP contribution in [0, 0.1) is 0 Å². The highest BCUT2D eigenvalue weighted by atomic mass is 16.2. The highest BCUT2D eigenvalue weighted by molar-refractivity contribution is 5.95. The third-order valence-electron chi connectivity index (χ3n) is 4.85. The first kappa shape index (κ1) is 18.1. The predicted octanol–water partition coefficient (Wildman–Crippen LogP) is 2.77. The third kappa shape index (κ3) is 3.94. The second-order valence-electron chi connectivity index (χ2n) is 6.81. The molecule has 1 saturated heterocycles. The minimum atomic E-state index is 0.00264. The van der Waals surface area contributed by atoms with E-state index < -0.39 is 0 Å². The molecule has 1 aliphatic rings. The molecule has 2 aromatic rings. The van der Waals surface area contributed by atoms with Crippen LogP contribution in [0.1, 0.15) is 24.2 Å². The molecule has 0 saturated carbocycles. The Morgan fingerprint density at radius 3 is 2.15 bits per heavy atom. The van der Waals surface area contributed by atoms with Gasteiger partial charge in [-0.2, -0.15) is 0 Å². The summed E-state index contributed by atoms with van der Waals surface area (Å²) in [5.74, 6) is 0.0891. The molecule has 3 rings (SSSR count). The van der Waals surface area contributed by atoms with Crippen molar-refractivity contribution < 1.29 is 9.59 Å². The van der Waals surface area contributed by atoms with Crippen LogP contribution in [0.15, 0.2) is 48.5 Å². The maximum Gasteiger partial charge on any atom is 0.253 e. The molecule has 1 aliphatic heterocycles. The molecule has 1 atom stereocenters. The van der Waals surface area contributed by atoms with Crippen molar-refractivity contribution in [3.63, 3.8) is 0 Å². The molecule has 2 aromatic carbocycles. The van der Waals surface area contributed by atoms with Gasteiger partial charge in [0.15, 0.2) is 0 Å². The van der Waals surface area contributed by atoms with Gasteiger partial charge in [0.25, 0.3) is 5.91 Å². The summed E-state index contributed by atoms with van der Waals surface area (Å²) in [5.41, 5.74) is 3.68. The third-order valence-corrected chi connectivity index (χ3v) is 4.85. The molecule has 0 aliphatic carbocycles. The lowest BCUT2D eigenvalue weighted by atomic mass is 10.0. The Kier molecular flexibility index (Phi) is 5.38. The van der Waals surface area contributed by atoms with E-state index in [9.17, 15) is 9.59 Å².